The van der Waals surface area contributed by atoms with Gasteiger partial charge in [0.15, 0.2) is 0 Å². The molecule has 5 rings (SSSR count). The predicted octanol–water partition coefficient (Wildman–Crippen LogP) is 7.67. The lowest BCUT2D eigenvalue weighted by Gasteiger charge is -2.34. The van der Waals surface area contributed by atoms with Crippen LogP contribution in [0.3, 0.4) is 0 Å². The summed E-state index contributed by atoms with van der Waals surface area (Å²) in [4.78, 5) is 15.8. The molecule has 1 aliphatic rings. The number of nitrogens with one attached hydrogen (secondary N) is 1. The zero-order chi connectivity index (χ0) is 30.6. The second-order valence-corrected chi connectivity index (χ2v) is 15.1. The van der Waals surface area contributed by atoms with Crippen LogP contribution in [0.1, 0.15) is 71.9 Å². The summed E-state index contributed by atoms with van der Waals surface area (Å²) in [5.74, 6) is -0.401. The van der Waals surface area contributed by atoms with Crippen molar-refractivity contribution in [3.63, 3.8) is 0 Å². The predicted molar refractivity (Wildman–Crippen MR) is 173 cm³/mol. The molecule has 9 heteroatoms. The molecule has 43 heavy (non-hydrogen) atoms. The molecule has 0 saturated heterocycles. The number of anilines is 1. The number of nitrogens with zero attached hydrogens (tertiary/aromatic N) is 2. The highest BCUT2D eigenvalue weighted by Gasteiger charge is 2.27. The minimum Gasteiger partial charge on any atom is -0.478 e. The summed E-state index contributed by atoms with van der Waals surface area (Å²) in [5, 5.41) is 15.2. The summed E-state index contributed by atoms with van der Waals surface area (Å²) in [7, 11) is -2.29. The molecule has 0 spiro atoms. The molecule has 1 fully saturated rings. The summed E-state index contributed by atoms with van der Waals surface area (Å²) in [6, 6.07) is 22.5. The van der Waals surface area contributed by atoms with E-state index in [1.807, 2.05) is 29.6 Å². The highest BCUT2D eigenvalue weighted by Crippen LogP contribution is 2.42. The minimum absolute atomic E-state index is 0.0381. The zero-order valence-electron chi connectivity index (χ0n) is 24.9. The first-order valence-electron chi connectivity index (χ1n) is 14.7. The van der Waals surface area contributed by atoms with Gasteiger partial charge in [-0.25, -0.2) is 18.2 Å². The van der Waals surface area contributed by atoms with Crippen LogP contribution in [0, 0.1) is 5.41 Å². The summed E-state index contributed by atoms with van der Waals surface area (Å²) in [6.07, 6.45) is 6.15. The molecule has 1 aliphatic carbocycles. The number of thiazole rings is 1. The number of hydrogen-bond donors (Lipinski definition) is 2. The van der Waals surface area contributed by atoms with Gasteiger partial charge in [0.05, 0.1) is 22.7 Å². The van der Waals surface area contributed by atoms with E-state index in [1.54, 1.807) is 0 Å². The molecular weight excluding hydrogens is 579 g/mol. The number of sulfonamides is 1. The van der Waals surface area contributed by atoms with Crippen LogP contribution in [0.2, 0.25) is 0 Å². The van der Waals surface area contributed by atoms with Gasteiger partial charge in [-0.3, -0.25) is 0 Å². The van der Waals surface area contributed by atoms with Crippen LogP contribution >= 0.6 is 11.3 Å². The molecule has 1 aromatic heterocycles. The second kappa shape index (κ2) is 13.0. The highest BCUT2D eigenvalue weighted by atomic mass is 32.2. The van der Waals surface area contributed by atoms with E-state index in [0.717, 1.165) is 29.9 Å². The quantitative estimate of drug-likeness (QED) is 0.179. The standard InChI is InChI=1S/C34H39N3O4S2/c1-34(2)19-16-26(17-20-34)25-6-4-24(5-7-25)18-21-35-29-12-8-27(9-13-29)31-23-42-32(36-31)22-37(3)43(40,41)30-14-10-28(11-15-30)33(38)39/h4-15,23,26,35H,16-22H2,1-3H3,(H,38,39). The summed E-state index contributed by atoms with van der Waals surface area (Å²) in [5.41, 5.74) is 6.15. The third-order valence-corrected chi connectivity index (χ3v) is 11.1. The maximum Gasteiger partial charge on any atom is 0.335 e. The molecule has 0 unspecified atom stereocenters. The first-order valence-corrected chi connectivity index (χ1v) is 17.0. The maximum atomic E-state index is 13.0. The second-order valence-electron chi connectivity index (χ2n) is 12.2. The Morgan fingerprint density at radius 2 is 1.65 bits per heavy atom. The van der Waals surface area contributed by atoms with Crippen LogP contribution in [0.4, 0.5) is 5.69 Å². The van der Waals surface area contributed by atoms with E-state index in [4.69, 9.17) is 5.11 Å². The molecule has 1 saturated carbocycles. The topological polar surface area (TPSA) is 99.6 Å². The molecule has 226 valence electrons. The van der Waals surface area contributed by atoms with Crippen molar-refractivity contribution in [2.45, 2.75) is 63.3 Å². The number of carboxylic acids is 1. The Balaban J connectivity index is 1.11. The SMILES string of the molecule is CN(Cc1nc(-c2ccc(NCCc3ccc(C4CCC(C)(C)CC4)cc3)cc2)cs1)S(=O)(=O)c1ccc(C(=O)O)cc1. The Morgan fingerprint density at radius 3 is 2.28 bits per heavy atom. The van der Waals surface area contributed by atoms with E-state index in [0.29, 0.717) is 16.3 Å². The normalized spacial score (nSPS) is 15.4. The van der Waals surface area contributed by atoms with Gasteiger partial charge in [0.25, 0.3) is 0 Å². The molecule has 3 aromatic carbocycles. The Labute approximate surface area is 258 Å². The van der Waals surface area contributed by atoms with Crippen molar-refractivity contribution >= 4 is 33.0 Å². The number of rotatable bonds is 11. The van der Waals surface area contributed by atoms with Gasteiger partial charge >= 0.3 is 5.97 Å². The Kier molecular flexibility index (Phi) is 9.34. The lowest BCUT2D eigenvalue weighted by atomic mass is 9.71. The average molecular weight is 618 g/mol. The lowest BCUT2D eigenvalue weighted by Crippen LogP contribution is -2.26. The summed E-state index contributed by atoms with van der Waals surface area (Å²) < 4.78 is 27.1. The average Bonchev–Trinajstić information content (AvgIpc) is 3.46. The van der Waals surface area contributed by atoms with Gasteiger partial charge in [-0.1, -0.05) is 50.2 Å². The van der Waals surface area contributed by atoms with E-state index >= 15 is 0 Å². The van der Waals surface area contributed by atoms with Crippen molar-refractivity contribution < 1.29 is 18.3 Å². The van der Waals surface area contributed by atoms with Crippen molar-refractivity contribution in [1.82, 2.24) is 9.29 Å². The minimum atomic E-state index is -3.78. The molecule has 7 nitrogen and oxygen atoms in total. The molecule has 0 radical (unpaired) electrons. The highest BCUT2D eigenvalue weighted by molar-refractivity contribution is 7.89. The fourth-order valence-corrected chi connectivity index (χ4v) is 7.61. The van der Waals surface area contributed by atoms with Crippen LogP contribution < -0.4 is 5.32 Å². The van der Waals surface area contributed by atoms with E-state index < -0.39 is 16.0 Å². The summed E-state index contributed by atoms with van der Waals surface area (Å²) >= 11 is 1.41. The van der Waals surface area contributed by atoms with Crippen molar-refractivity contribution in [3.8, 4) is 11.3 Å². The van der Waals surface area contributed by atoms with E-state index in [1.165, 1.54) is 83.8 Å². The Morgan fingerprint density at radius 1 is 1.00 bits per heavy atom. The lowest BCUT2D eigenvalue weighted by molar-refractivity contribution is 0.0696. The molecular formula is C34H39N3O4S2. The molecule has 1 heterocycles. The third-order valence-electron chi connectivity index (χ3n) is 8.43. The Bertz CT molecular complexity index is 1640. The monoisotopic (exact) mass is 617 g/mol. The Hall–Kier alpha value is -3.53. The van der Waals surface area contributed by atoms with Gasteiger partial charge in [0, 0.05) is 30.2 Å². The maximum absolute atomic E-state index is 13.0. The first-order chi connectivity index (χ1) is 20.5. The zero-order valence-corrected chi connectivity index (χ0v) is 26.5. The fraction of sp³-hybridized carbons (Fsp3) is 0.353. The van der Waals surface area contributed by atoms with E-state index in [9.17, 15) is 13.2 Å². The van der Waals surface area contributed by atoms with Crippen LogP contribution in [0.5, 0.6) is 0 Å². The van der Waals surface area contributed by atoms with Crippen LogP contribution in [0.25, 0.3) is 11.3 Å². The fourth-order valence-electron chi connectivity index (χ4n) is 5.54. The number of carbonyl (C=O) groups is 1. The van der Waals surface area contributed by atoms with Crippen LogP contribution in [-0.2, 0) is 23.0 Å². The van der Waals surface area contributed by atoms with Crippen LogP contribution in [-0.4, -0.2) is 42.4 Å². The van der Waals surface area contributed by atoms with E-state index in [-0.39, 0.29) is 17.0 Å². The number of carboxylic acid groups (broad SMARTS) is 1. The summed E-state index contributed by atoms with van der Waals surface area (Å²) in [6.45, 7) is 5.73. The number of hydrogen-bond acceptors (Lipinski definition) is 6. The molecule has 0 aliphatic heterocycles. The van der Waals surface area contributed by atoms with Gasteiger partial charge in [-0.05, 0) is 91.0 Å². The van der Waals surface area contributed by atoms with Gasteiger partial charge in [0.1, 0.15) is 5.01 Å². The van der Waals surface area contributed by atoms with Crippen molar-refractivity contribution in [2.75, 3.05) is 18.9 Å². The molecule has 2 N–H and O–H groups in total. The van der Waals surface area contributed by atoms with Gasteiger partial charge < -0.3 is 10.4 Å². The first kappa shape index (κ1) is 30.9. The third kappa shape index (κ3) is 7.71. The van der Waals surface area contributed by atoms with Crippen LogP contribution in [0.15, 0.2) is 83.1 Å². The largest absolute Gasteiger partial charge is 0.478 e. The van der Waals surface area contributed by atoms with Gasteiger partial charge in [0.2, 0.25) is 10.0 Å². The molecule has 4 aromatic rings. The smallest absolute Gasteiger partial charge is 0.335 e. The van der Waals surface area contributed by atoms with E-state index in [2.05, 4.69) is 48.4 Å². The van der Waals surface area contributed by atoms with Crippen molar-refractivity contribution in [3.05, 3.63) is 99.9 Å². The van der Waals surface area contributed by atoms with Gasteiger partial charge in [-0.15, -0.1) is 11.3 Å². The van der Waals surface area contributed by atoms with Crippen molar-refractivity contribution in [1.29, 1.82) is 0 Å². The number of benzene rings is 3. The van der Waals surface area contributed by atoms with Gasteiger partial charge in [-0.2, -0.15) is 4.31 Å². The molecule has 0 amide bonds. The van der Waals surface area contributed by atoms with Crippen molar-refractivity contribution in [2.24, 2.45) is 5.41 Å². The number of aromatic nitrogens is 1. The number of aromatic carboxylic acids is 1. The molecule has 0 atom stereocenters. The molecule has 0 bridgehead atoms.